The van der Waals surface area contributed by atoms with Crippen molar-refractivity contribution in [2.45, 2.75) is 38.6 Å². The van der Waals surface area contributed by atoms with Crippen LogP contribution in [0, 0.1) is 0 Å². The second-order valence-corrected chi connectivity index (χ2v) is 5.33. The Kier molecular flexibility index (Phi) is 2.94. The summed E-state index contributed by atoms with van der Waals surface area (Å²) in [6.45, 7) is 6.91. The van der Waals surface area contributed by atoms with E-state index >= 15 is 0 Å². The first-order valence-corrected chi connectivity index (χ1v) is 6.91. The fourth-order valence-electron chi connectivity index (χ4n) is 3.17. The lowest BCUT2D eigenvalue weighted by atomic mass is 9.85. The van der Waals surface area contributed by atoms with Crippen molar-refractivity contribution >= 4 is 0 Å². The van der Waals surface area contributed by atoms with Gasteiger partial charge in [0.25, 0.3) is 0 Å². The molecule has 0 radical (unpaired) electrons. The molecule has 1 saturated heterocycles. The number of benzene rings is 1. The van der Waals surface area contributed by atoms with E-state index in [1.54, 1.807) is 0 Å². The maximum Gasteiger partial charge on any atom is 0.164 e. The fraction of sp³-hybridized carbons (Fsp3) is 0.600. The number of nitrogens with one attached hydrogen (secondary N) is 1. The first-order valence-electron chi connectivity index (χ1n) is 6.91. The van der Waals surface area contributed by atoms with Gasteiger partial charge in [-0.1, -0.05) is 13.0 Å². The molecule has 18 heavy (non-hydrogen) atoms. The van der Waals surface area contributed by atoms with Crippen LogP contribution >= 0.6 is 0 Å². The van der Waals surface area contributed by atoms with Gasteiger partial charge in [-0.05, 0) is 44.4 Å². The molecule has 0 bridgehead atoms. The van der Waals surface area contributed by atoms with E-state index in [1.165, 1.54) is 24.0 Å². The lowest BCUT2D eigenvalue weighted by Gasteiger charge is -2.30. The first-order chi connectivity index (χ1) is 8.74. The molecule has 3 heteroatoms. The predicted molar refractivity (Wildman–Crippen MR) is 71.4 cm³/mol. The molecule has 1 N–H and O–H groups in total. The van der Waals surface area contributed by atoms with Crippen molar-refractivity contribution in [3.05, 3.63) is 23.3 Å². The van der Waals surface area contributed by atoms with Crippen LogP contribution in [0.5, 0.6) is 11.5 Å². The lowest BCUT2D eigenvalue weighted by Crippen LogP contribution is -2.34. The Bertz CT molecular complexity index is 450. The zero-order chi connectivity index (χ0) is 12.6. The molecular weight excluding hydrogens is 226 g/mol. The summed E-state index contributed by atoms with van der Waals surface area (Å²) in [5.74, 6) is 1.87. The molecule has 1 fully saturated rings. The molecule has 0 spiro atoms. The molecule has 1 aromatic rings. The second kappa shape index (κ2) is 4.47. The normalized spacial score (nSPS) is 26.3. The van der Waals surface area contributed by atoms with Crippen molar-refractivity contribution in [2.75, 3.05) is 19.8 Å². The minimum absolute atomic E-state index is 0.0984. The highest BCUT2D eigenvalue weighted by Gasteiger charge is 2.33. The summed E-state index contributed by atoms with van der Waals surface area (Å²) in [4.78, 5) is 0. The van der Waals surface area contributed by atoms with E-state index in [2.05, 4.69) is 31.3 Å². The van der Waals surface area contributed by atoms with Crippen molar-refractivity contribution < 1.29 is 9.47 Å². The Morgan fingerprint density at radius 1 is 1.28 bits per heavy atom. The first kappa shape index (κ1) is 11.8. The quantitative estimate of drug-likeness (QED) is 0.871. The maximum atomic E-state index is 5.84. The molecule has 2 aliphatic heterocycles. The smallest absolute Gasteiger partial charge is 0.164 e. The average molecular weight is 247 g/mol. The molecule has 0 amide bonds. The van der Waals surface area contributed by atoms with E-state index in [9.17, 15) is 0 Å². The molecule has 0 aliphatic carbocycles. The summed E-state index contributed by atoms with van der Waals surface area (Å²) < 4.78 is 11.5. The van der Waals surface area contributed by atoms with Crippen LogP contribution in [0.3, 0.4) is 0 Å². The number of rotatable bonds is 2. The van der Waals surface area contributed by atoms with E-state index in [1.807, 2.05) is 0 Å². The van der Waals surface area contributed by atoms with Gasteiger partial charge in [-0.3, -0.25) is 0 Å². The highest BCUT2D eigenvalue weighted by Crippen LogP contribution is 2.42. The minimum atomic E-state index is 0.0984. The molecule has 3 nitrogen and oxygen atoms in total. The molecule has 2 heterocycles. The van der Waals surface area contributed by atoms with Crippen molar-refractivity contribution in [1.82, 2.24) is 5.32 Å². The van der Waals surface area contributed by atoms with Gasteiger partial charge in [-0.15, -0.1) is 0 Å². The molecule has 0 aromatic heterocycles. The molecule has 1 unspecified atom stereocenters. The van der Waals surface area contributed by atoms with Crippen LogP contribution in [0.25, 0.3) is 0 Å². The molecule has 3 rings (SSSR count). The third-order valence-electron chi connectivity index (χ3n) is 4.13. The van der Waals surface area contributed by atoms with E-state index in [0.717, 1.165) is 24.5 Å². The van der Waals surface area contributed by atoms with Crippen LogP contribution in [-0.4, -0.2) is 19.8 Å². The van der Waals surface area contributed by atoms with E-state index in [0.29, 0.717) is 13.2 Å². The van der Waals surface area contributed by atoms with Gasteiger partial charge >= 0.3 is 0 Å². The molecule has 2 aliphatic rings. The van der Waals surface area contributed by atoms with Gasteiger partial charge in [0.2, 0.25) is 0 Å². The Hall–Kier alpha value is -1.22. The van der Waals surface area contributed by atoms with E-state index < -0.39 is 0 Å². The fourth-order valence-corrected chi connectivity index (χ4v) is 3.17. The van der Waals surface area contributed by atoms with Crippen molar-refractivity contribution in [3.63, 3.8) is 0 Å². The summed E-state index contributed by atoms with van der Waals surface area (Å²) in [6, 6.07) is 4.28. The van der Waals surface area contributed by atoms with Gasteiger partial charge < -0.3 is 14.8 Å². The monoisotopic (exact) mass is 247 g/mol. The predicted octanol–water partition coefficient (Wildman–Crippen LogP) is 2.62. The summed E-state index contributed by atoms with van der Waals surface area (Å²) in [6.07, 6.45) is 3.42. The number of hydrogen-bond donors (Lipinski definition) is 1. The average Bonchev–Trinajstić information content (AvgIpc) is 2.85. The van der Waals surface area contributed by atoms with E-state index in [4.69, 9.17) is 9.47 Å². The van der Waals surface area contributed by atoms with E-state index in [-0.39, 0.29) is 5.54 Å². The number of fused-ring (bicyclic) bond motifs is 1. The van der Waals surface area contributed by atoms with Crippen LogP contribution in [0.2, 0.25) is 0 Å². The Morgan fingerprint density at radius 2 is 2.11 bits per heavy atom. The number of ether oxygens (including phenoxy) is 2. The highest BCUT2D eigenvalue weighted by molar-refractivity contribution is 5.53. The molecule has 1 atom stereocenters. The summed E-state index contributed by atoms with van der Waals surface area (Å²) in [5, 5.41) is 3.63. The Labute approximate surface area is 108 Å². The van der Waals surface area contributed by atoms with Gasteiger partial charge in [-0.2, -0.15) is 0 Å². The van der Waals surface area contributed by atoms with Gasteiger partial charge in [0, 0.05) is 11.1 Å². The Balaban J connectivity index is 2.09. The van der Waals surface area contributed by atoms with Crippen LogP contribution in [0.4, 0.5) is 0 Å². The zero-order valence-electron chi connectivity index (χ0n) is 11.2. The van der Waals surface area contributed by atoms with Crippen LogP contribution < -0.4 is 14.8 Å². The maximum absolute atomic E-state index is 5.84. The third kappa shape index (κ3) is 1.77. The van der Waals surface area contributed by atoms with Crippen LogP contribution in [0.15, 0.2) is 12.1 Å². The standard InChI is InChI=1S/C15H21NO2/c1-3-11-12(15(2)7-4-8-16-15)5-6-13-14(11)18-10-9-17-13/h5-6,16H,3-4,7-10H2,1-2H3. The van der Waals surface area contributed by atoms with Gasteiger partial charge in [-0.25, -0.2) is 0 Å². The molecular formula is C15H21NO2. The summed E-state index contributed by atoms with van der Waals surface area (Å²) in [7, 11) is 0. The van der Waals surface area contributed by atoms with Crippen LogP contribution in [-0.2, 0) is 12.0 Å². The number of hydrogen-bond acceptors (Lipinski definition) is 3. The molecule has 1 aromatic carbocycles. The topological polar surface area (TPSA) is 30.5 Å². The van der Waals surface area contributed by atoms with Crippen molar-refractivity contribution in [1.29, 1.82) is 0 Å². The minimum Gasteiger partial charge on any atom is -0.486 e. The molecule has 0 saturated carbocycles. The summed E-state index contributed by atoms with van der Waals surface area (Å²) >= 11 is 0. The van der Waals surface area contributed by atoms with Crippen LogP contribution in [0.1, 0.15) is 37.8 Å². The van der Waals surface area contributed by atoms with Gasteiger partial charge in [0.15, 0.2) is 11.5 Å². The van der Waals surface area contributed by atoms with Crippen molar-refractivity contribution in [2.24, 2.45) is 0 Å². The highest BCUT2D eigenvalue weighted by atomic mass is 16.6. The zero-order valence-corrected chi connectivity index (χ0v) is 11.2. The second-order valence-electron chi connectivity index (χ2n) is 5.33. The SMILES string of the molecule is CCc1c(C2(C)CCCN2)ccc2c1OCCO2. The van der Waals surface area contributed by atoms with Gasteiger partial charge in [0.1, 0.15) is 13.2 Å². The summed E-state index contributed by atoms with van der Waals surface area (Å²) in [5.41, 5.74) is 2.79. The molecule has 98 valence electrons. The van der Waals surface area contributed by atoms with Gasteiger partial charge in [0.05, 0.1) is 0 Å². The largest absolute Gasteiger partial charge is 0.486 e. The Morgan fingerprint density at radius 3 is 2.83 bits per heavy atom. The third-order valence-corrected chi connectivity index (χ3v) is 4.13. The lowest BCUT2D eigenvalue weighted by molar-refractivity contribution is 0.169. The van der Waals surface area contributed by atoms with Crippen molar-refractivity contribution in [3.8, 4) is 11.5 Å².